The number of ether oxygens (including phenoxy) is 1. The van der Waals surface area contributed by atoms with Crippen LogP contribution in [0, 0.1) is 6.92 Å². The highest BCUT2D eigenvalue weighted by Crippen LogP contribution is 2.09. The minimum absolute atomic E-state index is 0.288. The van der Waals surface area contributed by atoms with Gasteiger partial charge in [0.05, 0.1) is 0 Å². The van der Waals surface area contributed by atoms with Crippen LogP contribution in [0.3, 0.4) is 0 Å². The molecule has 0 bridgehead atoms. The lowest BCUT2D eigenvalue weighted by Crippen LogP contribution is -2.34. The fourth-order valence-corrected chi connectivity index (χ4v) is 1.06. The van der Waals surface area contributed by atoms with Crippen LogP contribution in [0.15, 0.2) is 0 Å². The van der Waals surface area contributed by atoms with Crippen molar-refractivity contribution in [2.45, 2.75) is 25.5 Å². The van der Waals surface area contributed by atoms with Crippen molar-refractivity contribution in [3.8, 4) is 0 Å². The van der Waals surface area contributed by atoms with Gasteiger partial charge in [-0.3, -0.25) is 5.32 Å². The molecule has 1 unspecified atom stereocenters. The van der Waals surface area contributed by atoms with Crippen LogP contribution in [0.25, 0.3) is 0 Å². The van der Waals surface area contributed by atoms with Gasteiger partial charge in [-0.1, -0.05) is 0 Å². The van der Waals surface area contributed by atoms with Gasteiger partial charge >= 0.3 is 0 Å². The molecule has 0 aromatic rings. The third-order valence-electron chi connectivity index (χ3n) is 1.55. The molecule has 1 N–H and O–H groups in total. The van der Waals surface area contributed by atoms with Crippen molar-refractivity contribution in [3.63, 3.8) is 0 Å². The van der Waals surface area contributed by atoms with E-state index in [1.54, 1.807) is 0 Å². The van der Waals surface area contributed by atoms with Gasteiger partial charge < -0.3 is 4.74 Å². The molecule has 1 fully saturated rings. The highest BCUT2D eigenvalue weighted by molar-refractivity contribution is 4.61. The Balaban J connectivity index is 2.08. The number of hydrogen-bond acceptors (Lipinski definition) is 2. The number of hydrogen-bond donors (Lipinski definition) is 1. The monoisotopic (exact) mass is 128 g/mol. The van der Waals surface area contributed by atoms with Crippen molar-refractivity contribution in [1.29, 1.82) is 0 Å². The number of nitrogens with one attached hydrogen (secondary N) is 1. The van der Waals surface area contributed by atoms with E-state index in [9.17, 15) is 0 Å². The summed E-state index contributed by atoms with van der Waals surface area (Å²) in [5, 5.41) is 3.15. The first-order chi connectivity index (χ1) is 4.43. The smallest absolute Gasteiger partial charge is 0.108 e. The fourth-order valence-electron chi connectivity index (χ4n) is 1.06. The van der Waals surface area contributed by atoms with E-state index in [0.717, 1.165) is 19.6 Å². The second-order valence-corrected chi connectivity index (χ2v) is 2.31. The Hall–Kier alpha value is -0.0800. The predicted octanol–water partition coefficient (Wildman–Crippen LogP) is 0.937. The SMILES string of the molecule is [CH2]CNC1CCCCO1. The maximum Gasteiger partial charge on any atom is 0.108 e. The molecule has 1 aliphatic heterocycles. The van der Waals surface area contributed by atoms with Gasteiger partial charge in [0.1, 0.15) is 6.23 Å². The summed E-state index contributed by atoms with van der Waals surface area (Å²) in [6.45, 7) is 5.37. The van der Waals surface area contributed by atoms with Gasteiger partial charge in [-0.2, -0.15) is 0 Å². The minimum Gasteiger partial charge on any atom is -0.363 e. The summed E-state index contributed by atoms with van der Waals surface area (Å²) in [6.07, 6.45) is 3.94. The Morgan fingerprint density at radius 3 is 3.00 bits per heavy atom. The van der Waals surface area contributed by atoms with Gasteiger partial charge in [-0.15, -0.1) is 0 Å². The number of rotatable bonds is 2. The van der Waals surface area contributed by atoms with Gasteiger partial charge in [-0.25, -0.2) is 0 Å². The van der Waals surface area contributed by atoms with Gasteiger partial charge in [0.25, 0.3) is 0 Å². The summed E-state index contributed by atoms with van der Waals surface area (Å²) in [5.74, 6) is 0. The highest BCUT2D eigenvalue weighted by Gasteiger charge is 2.10. The van der Waals surface area contributed by atoms with Crippen LogP contribution in [-0.4, -0.2) is 19.4 Å². The molecule has 2 heteroatoms. The van der Waals surface area contributed by atoms with Gasteiger partial charge in [-0.05, 0) is 32.7 Å². The van der Waals surface area contributed by atoms with Gasteiger partial charge in [0, 0.05) is 6.61 Å². The zero-order chi connectivity index (χ0) is 6.53. The van der Waals surface area contributed by atoms with Crippen molar-refractivity contribution in [2.75, 3.05) is 13.2 Å². The molecule has 1 saturated heterocycles. The van der Waals surface area contributed by atoms with Crippen molar-refractivity contribution in [3.05, 3.63) is 6.92 Å². The molecule has 1 rings (SSSR count). The Morgan fingerprint density at radius 2 is 2.44 bits per heavy atom. The molecular weight excluding hydrogens is 114 g/mol. The zero-order valence-electron chi connectivity index (χ0n) is 5.73. The van der Waals surface area contributed by atoms with Crippen molar-refractivity contribution < 1.29 is 4.74 Å². The molecule has 0 spiro atoms. The van der Waals surface area contributed by atoms with E-state index in [2.05, 4.69) is 12.2 Å². The lowest BCUT2D eigenvalue weighted by Gasteiger charge is -2.22. The molecule has 1 aliphatic rings. The average molecular weight is 128 g/mol. The van der Waals surface area contributed by atoms with Gasteiger partial charge in [0.2, 0.25) is 0 Å². The second-order valence-electron chi connectivity index (χ2n) is 2.31. The van der Waals surface area contributed by atoms with Crippen molar-refractivity contribution >= 4 is 0 Å². The first-order valence-corrected chi connectivity index (χ1v) is 3.57. The topological polar surface area (TPSA) is 21.3 Å². The maximum atomic E-state index is 5.37. The van der Waals surface area contributed by atoms with Crippen LogP contribution in [0.2, 0.25) is 0 Å². The van der Waals surface area contributed by atoms with Crippen LogP contribution in [0.1, 0.15) is 19.3 Å². The molecule has 53 valence electrons. The molecule has 9 heavy (non-hydrogen) atoms. The van der Waals surface area contributed by atoms with E-state index in [-0.39, 0.29) is 6.23 Å². The van der Waals surface area contributed by atoms with Crippen LogP contribution >= 0.6 is 0 Å². The van der Waals surface area contributed by atoms with E-state index < -0.39 is 0 Å². The predicted molar refractivity (Wildman–Crippen MR) is 37.0 cm³/mol. The van der Waals surface area contributed by atoms with Crippen LogP contribution < -0.4 is 5.32 Å². The first-order valence-electron chi connectivity index (χ1n) is 3.57. The first kappa shape index (κ1) is 7.03. The van der Waals surface area contributed by atoms with E-state index in [1.807, 2.05) is 0 Å². The summed E-state index contributed by atoms with van der Waals surface area (Å²) in [4.78, 5) is 0. The Morgan fingerprint density at radius 1 is 1.56 bits per heavy atom. The molecule has 0 aliphatic carbocycles. The summed E-state index contributed by atoms with van der Waals surface area (Å²) in [7, 11) is 0. The molecule has 0 aromatic heterocycles. The minimum atomic E-state index is 0.288. The van der Waals surface area contributed by atoms with Crippen LogP contribution in [-0.2, 0) is 4.74 Å². The maximum absolute atomic E-state index is 5.37. The van der Waals surface area contributed by atoms with E-state index >= 15 is 0 Å². The summed E-state index contributed by atoms with van der Waals surface area (Å²) >= 11 is 0. The molecule has 1 radical (unpaired) electrons. The molecule has 0 amide bonds. The second kappa shape index (κ2) is 3.85. The molecule has 1 heterocycles. The van der Waals surface area contributed by atoms with Crippen LogP contribution in [0.4, 0.5) is 0 Å². The Bertz CT molecular complexity index is 66.6. The van der Waals surface area contributed by atoms with Gasteiger partial charge in [0.15, 0.2) is 0 Å². The standard InChI is InChI=1S/C7H14NO/c1-2-8-7-5-3-4-6-9-7/h7-8H,1-6H2. The van der Waals surface area contributed by atoms with Crippen molar-refractivity contribution in [2.24, 2.45) is 0 Å². The van der Waals surface area contributed by atoms with Crippen molar-refractivity contribution in [1.82, 2.24) is 5.32 Å². The zero-order valence-corrected chi connectivity index (χ0v) is 5.73. The quantitative estimate of drug-likeness (QED) is 0.597. The normalized spacial score (nSPS) is 28.3. The summed E-state index contributed by atoms with van der Waals surface area (Å²) in [6, 6.07) is 0. The lowest BCUT2D eigenvalue weighted by molar-refractivity contribution is -0.00302. The fraction of sp³-hybridized carbons (Fsp3) is 0.857. The average Bonchev–Trinajstić information content (AvgIpc) is 1.91. The Kier molecular flexibility index (Phi) is 3.01. The molecule has 0 saturated carbocycles. The third kappa shape index (κ3) is 2.33. The summed E-state index contributed by atoms with van der Waals surface area (Å²) < 4.78 is 5.37. The van der Waals surface area contributed by atoms with E-state index in [4.69, 9.17) is 4.74 Å². The molecule has 1 atom stereocenters. The van der Waals surface area contributed by atoms with Crippen LogP contribution in [0.5, 0.6) is 0 Å². The highest BCUT2D eigenvalue weighted by atomic mass is 16.5. The largest absolute Gasteiger partial charge is 0.363 e. The lowest BCUT2D eigenvalue weighted by atomic mass is 10.2. The third-order valence-corrected chi connectivity index (χ3v) is 1.55. The van der Waals surface area contributed by atoms with E-state index in [1.165, 1.54) is 12.8 Å². The Labute approximate surface area is 56.6 Å². The molecular formula is C7H14NO. The van der Waals surface area contributed by atoms with E-state index in [0.29, 0.717) is 0 Å². The summed E-state index contributed by atoms with van der Waals surface area (Å²) in [5.41, 5.74) is 0. The molecule has 2 nitrogen and oxygen atoms in total. The molecule has 0 aromatic carbocycles.